The number of nitrogens with zero attached hydrogens (tertiary/aromatic N) is 3. The fourth-order valence-electron chi connectivity index (χ4n) is 2.92. The van der Waals surface area contributed by atoms with E-state index in [1.807, 2.05) is 13.0 Å². The molecule has 1 aromatic carbocycles. The lowest BCUT2D eigenvalue weighted by Crippen LogP contribution is -2.35. The van der Waals surface area contributed by atoms with Gasteiger partial charge in [-0.2, -0.15) is 4.98 Å². The highest BCUT2D eigenvalue weighted by molar-refractivity contribution is 5.73. The van der Waals surface area contributed by atoms with Crippen LogP contribution in [0.2, 0.25) is 0 Å². The van der Waals surface area contributed by atoms with Crippen LogP contribution in [0.5, 0.6) is 0 Å². The highest BCUT2D eigenvalue weighted by Crippen LogP contribution is 2.22. The van der Waals surface area contributed by atoms with Crippen molar-refractivity contribution >= 4 is 23.4 Å². The van der Waals surface area contributed by atoms with Crippen LogP contribution in [0.1, 0.15) is 26.0 Å². The summed E-state index contributed by atoms with van der Waals surface area (Å²) in [5.74, 6) is 1.03. The van der Waals surface area contributed by atoms with Crippen LogP contribution >= 0.6 is 0 Å². The van der Waals surface area contributed by atoms with E-state index >= 15 is 0 Å². The Hall–Kier alpha value is -2.70. The number of amides is 1. The average molecular weight is 343 g/mol. The molecule has 3 rings (SSSR count). The number of hydrogen-bond donors (Lipinski definition) is 2. The molecular weight excluding hydrogens is 321 g/mol. The molecule has 1 fully saturated rings. The Bertz CT molecular complexity index is 750. The minimum Gasteiger partial charge on any atom is -0.354 e. The summed E-state index contributed by atoms with van der Waals surface area (Å²) in [5, 5.41) is 6.08. The van der Waals surface area contributed by atoms with E-state index in [1.54, 1.807) is 12.1 Å². The third-order valence-corrected chi connectivity index (χ3v) is 4.15. The minimum absolute atomic E-state index is 0.0116. The van der Waals surface area contributed by atoms with Crippen molar-refractivity contribution in [2.75, 3.05) is 23.3 Å². The monoisotopic (exact) mass is 343 g/mol. The van der Waals surface area contributed by atoms with Gasteiger partial charge in [0.1, 0.15) is 11.6 Å². The summed E-state index contributed by atoms with van der Waals surface area (Å²) < 4.78 is 13.0. The summed E-state index contributed by atoms with van der Waals surface area (Å²) >= 11 is 0. The maximum absolute atomic E-state index is 13.0. The summed E-state index contributed by atoms with van der Waals surface area (Å²) in [5.41, 5.74) is 1.66. The third-order valence-electron chi connectivity index (χ3n) is 4.15. The fraction of sp³-hybridized carbons (Fsp3) is 0.389. The summed E-state index contributed by atoms with van der Waals surface area (Å²) in [6.07, 6.45) is 1.68. The van der Waals surface area contributed by atoms with E-state index in [0.717, 1.165) is 43.1 Å². The van der Waals surface area contributed by atoms with Gasteiger partial charge < -0.3 is 15.5 Å². The molecule has 0 unspecified atom stereocenters. The van der Waals surface area contributed by atoms with E-state index in [2.05, 4.69) is 25.5 Å². The van der Waals surface area contributed by atoms with Crippen LogP contribution in [0, 0.1) is 5.82 Å². The Kier molecular flexibility index (Phi) is 5.11. The zero-order valence-corrected chi connectivity index (χ0v) is 14.4. The van der Waals surface area contributed by atoms with E-state index in [9.17, 15) is 9.18 Å². The Morgan fingerprint density at radius 2 is 2.08 bits per heavy atom. The normalized spacial score (nSPS) is 16.8. The fourth-order valence-corrected chi connectivity index (χ4v) is 2.92. The van der Waals surface area contributed by atoms with Gasteiger partial charge in [-0.05, 0) is 37.1 Å². The molecule has 2 aromatic rings. The molecule has 1 aliphatic rings. The summed E-state index contributed by atoms with van der Waals surface area (Å²) in [6.45, 7) is 5.14. The maximum Gasteiger partial charge on any atom is 0.229 e. The number of aromatic nitrogens is 2. The predicted octanol–water partition coefficient (Wildman–Crippen LogP) is 2.64. The molecule has 1 aromatic heterocycles. The molecule has 1 saturated heterocycles. The van der Waals surface area contributed by atoms with Gasteiger partial charge in [0.05, 0.1) is 0 Å². The lowest BCUT2D eigenvalue weighted by atomic mass is 10.2. The molecule has 132 valence electrons. The van der Waals surface area contributed by atoms with Gasteiger partial charge >= 0.3 is 0 Å². The van der Waals surface area contributed by atoms with Gasteiger partial charge in [-0.15, -0.1) is 0 Å². The molecule has 1 aliphatic heterocycles. The molecule has 6 nitrogen and oxygen atoms in total. The van der Waals surface area contributed by atoms with Crippen LogP contribution in [-0.2, 0) is 11.2 Å². The molecule has 0 bridgehead atoms. The van der Waals surface area contributed by atoms with Gasteiger partial charge in [0.15, 0.2) is 0 Å². The second kappa shape index (κ2) is 7.46. The average Bonchev–Trinajstić information content (AvgIpc) is 3.04. The Morgan fingerprint density at radius 3 is 2.76 bits per heavy atom. The molecule has 0 aliphatic carbocycles. The smallest absolute Gasteiger partial charge is 0.229 e. The maximum atomic E-state index is 13.0. The summed E-state index contributed by atoms with van der Waals surface area (Å²) in [6, 6.07) is 8.22. The van der Waals surface area contributed by atoms with Crippen LogP contribution in [0.25, 0.3) is 0 Å². The molecule has 0 radical (unpaired) electrons. The number of nitrogens with one attached hydrogen (secondary N) is 2. The number of carbonyl (C=O) groups is 1. The number of aryl methyl sites for hydroxylation is 1. The molecule has 0 saturated carbocycles. The Labute approximate surface area is 146 Å². The van der Waals surface area contributed by atoms with Crippen molar-refractivity contribution in [3.8, 4) is 0 Å². The van der Waals surface area contributed by atoms with Crippen molar-refractivity contribution < 1.29 is 9.18 Å². The van der Waals surface area contributed by atoms with Crippen molar-refractivity contribution in [3.63, 3.8) is 0 Å². The number of anilines is 3. The Balaban J connectivity index is 1.78. The topological polar surface area (TPSA) is 70.2 Å². The number of rotatable bonds is 5. The van der Waals surface area contributed by atoms with Gasteiger partial charge in [-0.1, -0.05) is 6.92 Å². The second-order valence-corrected chi connectivity index (χ2v) is 6.16. The lowest BCUT2D eigenvalue weighted by molar-refractivity contribution is -0.119. The van der Waals surface area contributed by atoms with Gasteiger partial charge in [0, 0.05) is 43.5 Å². The second-order valence-electron chi connectivity index (χ2n) is 6.16. The minimum atomic E-state index is -0.282. The molecule has 7 heteroatoms. The number of benzene rings is 1. The highest BCUT2D eigenvalue weighted by atomic mass is 19.1. The number of carbonyl (C=O) groups excluding carboxylic acids is 1. The number of halogens is 1. The van der Waals surface area contributed by atoms with Crippen molar-refractivity contribution in [3.05, 3.63) is 41.8 Å². The zero-order chi connectivity index (χ0) is 17.8. The van der Waals surface area contributed by atoms with Crippen molar-refractivity contribution in [1.82, 2.24) is 15.3 Å². The van der Waals surface area contributed by atoms with Crippen LogP contribution in [0.4, 0.5) is 21.8 Å². The van der Waals surface area contributed by atoms with E-state index in [4.69, 9.17) is 0 Å². The first-order valence-corrected chi connectivity index (χ1v) is 8.46. The van der Waals surface area contributed by atoms with Gasteiger partial charge in [-0.3, -0.25) is 4.79 Å². The van der Waals surface area contributed by atoms with Crippen LogP contribution in [0.15, 0.2) is 30.3 Å². The Morgan fingerprint density at radius 1 is 1.32 bits per heavy atom. The van der Waals surface area contributed by atoms with E-state index in [-0.39, 0.29) is 17.8 Å². The van der Waals surface area contributed by atoms with Crippen LogP contribution < -0.4 is 15.5 Å². The van der Waals surface area contributed by atoms with E-state index in [1.165, 1.54) is 19.1 Å². The largest absolute Gasteiger partial charge is 0.354 e. The molecule has 1 atom stereocenters. The summed E-state index contributed by atoms with van der Waals surface area (Å²) in [7, 11) is 0. The standard InChI is InChI=1S/C18H22FN5O/c1-3-14-10-17(24-9-8-16(11-24)20-12(2)25)23-18(21-14)22-15-6-4-13(19)5-7-15/h4-7,10,16H,3,8-9,11H2,1-2H3,(H,20,25)(H,21,22,23)/t16-/m0/s1. The quantitative estimate of drug-likeness (QED) is 0.873. The lowest BCUT2D eigenvalue weighted by Gasteiger charge is -2.19. The van der Waals surface area contributed by atoms with Gasteiger partial charge in [-0.25, -0.2) is 9.37 Å². The molecule has 25 heavy (non-hydrogen) atoms. The SMILES string of the molecule is CCc1cc(N2CC[C@H](NC(C)=O)C2)nc(Nc2ccc(F)cc2)n1. The first-order valence-electron chi connectivity index (χ1n) is 8.46. The number of hydrogen-bond acceptors (Lipinski definition) is 5. The molecule has 2 N–H and O–H groups in total. The molecule has 2 heterocycles. The van der Waals surface area contributed by atoms with Crippen LogP contribution in [0.3, 0.4) is 0 Å². The van der Waals surface area contributed by atoms with Gasteiger partial charge in [0.25, 0.3) is 0 Å². The van der Waals surface area contributed by atoms with Crippen molar-refractivity contribution in [1.29, 1.82) is 0 Å². The zero-order valence-electron chi connectivity index (χ0n) is 14.4. The van der Waals surface area contributed by atoms with E-state index in [0.29, 0.717) is 5.95 Å². The van der Waals surface area contributed by atoms with Gasteiger partial charge in [0.2, 0.25) is 11.9 Å². The van der Waals surface area contributed by atoms with Crippen molar-refractivity contribution in [2.24, 2.45) is 0 Å². The predicted molar refractivity (Wildman–Crippen MR) is 95.5 cm³/mol. The molecule has 0 spiro atoms. The van der Waals surface area contributed by atoms with E-state index < -0.39 is 0 Å². The summed E-state index contributed by atoms with van der Waals surface area (Å²) in [4.78, 5) is 22.5. The molecular formula is C18H22FN5O. The third kappa shape index (κ3) is 4.43. The first-order chi connectivity index (χ1) is 12.0. The first kappa shape index (κ1) is 17.1. The highest BCUT2D eigenvalue weighted by Gasteiger charge is 2.24. The molecule has 1 amide bonds. The van der Waals surface area contributed by atoms with Crippen molar-refractivity contribution in [2.45, 2.75) is 32.7 Å². The van der Waals surface area contributed by atoms with Crippen LogP contribution in [-0.4, -0.2) is 35.0 Å².